The van der Waals surface area contributed by atoms with Gasteiger partial charge in [0.15, 0.2) is 5.65 Å². The van der Waals surface area contributed by atoms with E-state index in [-0.39, 0.29) is 29.7 Å². The Labute approximate surface area is 196 Å². The molecule has 4 N–H and O–H groups in total. The van der Waals surface area contributed by atoms with E-state index < -0.39 is 6.10 Å². The van der Waals surface area contributed by atoms with Crippen LogP contribution in [0, 0.1) is 0 Å². The number of aliphatic hydroxyl groups excluding tert-OH is 1. The van der Waals surface area contributed by atoms with Crippen LogP contribution < -0.4 is 21.5 Å². The van der Waals surface area contributed by atoms with Crippen molar-refractivity contribution < 1.29 is 14.6 Å². The molecular formula is C23H29N7O4. The van der Waals surface area contributed by atoms with E-state index >= 15 is 0 Å². The van der Waals surface area contributed by atoms with Gasteiger partial charge in [0.05, 0.1) is 24.4 Å². The molecule has 0 saturated heterocycles. The Morgan fingerprint density at radius 2 is 2.12 bits per heavy atom. The number of anilines is 3. The lowest BCUT2D eigenvalue weighted by Crippen LogP contribution is -2.39. The van der Waals surface area contributed by atoms with Gasteiger partial charge in [-0.05, 0) is 44.2 Å². The van der Waals surface area contributed by atoms with Gasteiger partial charge in [-0.2, -0.15) is 9.61 Å². The predicted octanol–water partition coefficient (Wildman–Crippen LogP) is 1.67. The maximum absolute atomic E-state index is 13.0. The SMILES string of the molecule is CNc1cc(Nc2cccn([C@@H]3CC[C@@H]3O)c2=O)nc2c(C(=O)N[C@H]3CC[C@H](OC)C3)cnn12. The highest BCUT2D eigenvalue weighted by atomic mass is 16.5. The summed E-state index contributed by atoms with van der Waals surface area (Å²) in [5.41, 5.74) is 0.824. The van der Waals surface area contributed by atoms with Crippen LogP contribution in [0.5, 0.6) is 0 Å². The number of fused-ring (bicyclic) bond motifs is 1. The molecule has 2 saturated carbocycles. The molecular weight excluding hydrogens is 438 g/mol. The second-order valence-corrected chi connectivity index (χ2v) is 8.88. The van der Waals surface area contributed by atoms with Crippen molar-refractivity contribution >= 4 is 28.9 Å². The number of amides is 1. The minimum atomic E-state index is -0.509. The smallest absolute Gasteiger partial charge is 0.274 e. The zero-order valence-electron chi connectivity index (χ0n) is 19.2. The van der Waals surface area contributed by atoms with E-state index in [1.54, 1.807) is 47.6 Å². The lowest BCUT2D eigenvalue weighted by Gasteiger charge is -2.34. The highest BCUT2D eigenvalue weighted by Crippen LogP contribution is 2.31. The summed E-state index contributed by atoms with van der Waals surface area (Å²) in [6.45, 7) is 0. The Bertz CT molecular complexity index is 1270. The van der Waals surface area contributed by atoms with E-state index in [9.17, 15) is 14.7 Å². The number of carbonyl (C=O) groups is 1. The first kappa shape index (κ1) is 22.4. The van der Waals surface area contributed by atoms with Crippen molar-refractivity contribution in [1.82, 2.24) is 24.5 Å². The number of nitrogens with one attached hydrogen (secondary N) is 3. The maximum Gasteiger partial charge on any atom is 0.274 e. The fourth-order valence-electron chi connectivity index (χ4n) is 4.71. The number of methoxy groups -OCH3 is 1. The highest BCUT2D eigenvalue weighted by Gasteiger charge is 2.31. The van der Waals surface area contributed by atoms with E-state index in [2.05, 4.69) is 26.0 Å². The van der Waals surface area contributed by atoms with E-state index in [4.69, 9.17) is 4.74 Å². The molecule has 0 aromatic carbocycles. The van der Waals surface area contributed by atoms with Crippen molar-refractivity contribution in [2.75, 3.05) is 24.8 Å². The summed E-state index contributed by atoms with van der Waals surface area (Å²) in [6, 6.07) is 4.99. The molecule has 1 amide bonds. The van der Waals surface area contributed by atoms with Crippen molar-refractivity contribution in [2.24, 2.45) is 0 Å². The zero-order chi connectivity index (χ0) is 23.8. The van der Waals surface area contributed by atoms with Crippen molar-refractivity contribution in [3.8, 4) is 0 Å². The molecule has 3 aromatic heterocycles. The van der Waals surface area contributed by atoms with E-state index in [1.165, 1.54) is 6.20 Å². The first-order valence-electron chi connectivity index (χ1n) is 11.5. The summed E-state index contributed by atoms with van der Waals surface area (Å²) in [5.74, 6) is 0.762. The lowest BCUT2D eigenvalue weighted by atomic mass is 9.89. The molecule has 5 rings (SSSR count). The highest BCUT2D eigenvalue weighted by molar-refractivity contribution is 6.00. The molecule has 3 heterocycles. The quantitative estimate of drug-likeness (QED) is 0.412. The molecule has 34 heavy (non-hydrogen) atoms. The molecule has 0 aliphatic heterocycles. The summed E-state index contributed by atoms with van der Waals surface area (Å²) in [7, 11) is 3.44. The van der Waals surface area contributed by atoms with Crippen LogP contribution in [0.15, 0.2) is 35.4 Å². The number of carbonyl (C=O) groups excluding carboxylic acids is 1. The fourth-order valence-corrected chi connectivity index (χ4v) is 4.71. The molecule has 2 aliphatic rings. The minimum absolute atomic E-state index is 0.0436. The van der Waals surface area contributed by atoms with Crippen LogP contribution in [-0.2, 0) is 4.74 Å². The van der Waals surface area contributed by atoms with Crippen molar-refractivity contribution in [3.63, 3.8) is 0 Å². The summed E-state index contributed by atoms with van der Waals surface area (Å²) < 4.78 is 8.51. The van der Waals surface area contributed by atoms with Crippen LogP contribution in [0.25, 0.3) is 5.65 Å². The third-order valence-electron chi connectivity index (χ3n) is 6.82. The number of pyridine rings is 1. The molecule has 3 aromatic rings. The van der Waals surface area contributed by atoms with Gasteiger partial charge in [-0.25, -0.2) is 4.98 Å². The summed E-state index contributed by atoms with van der Waals surface area (Å²) in [4.78, 5) is 30.6. The molecule has 2 fully saturated rings. The topological polar surface area (TPSA) is 135 Å². The Hall–Kier alpha value is -3.44. The lowest BCUT2D eigenvalue weighted by molar-refractivity contribution is 0.0300. The zero-order valence-corrected chi connectivity index (χ0v) is 19.2. The van der Waals surface area contributed by atoms with Crippen LogP contribution in [-0.4, -0.2) is 62.6 Å². The van der Waals surface area contributed by atoms with Gasteiger partial charge in [-0.1, -0.05) is 0 Å². The molecule has 11 heteroatoms. The Kier molecular flexibility index (Phi) is 5.96. The molecule has 4 atom stereocenters. The van der Waals surface area contributed by atoms with E-state index in [1.807, 2.05) is 0 Å². The van der Waals surface area contributed by atoms with E-state index in [0.717, 1.165) is 25.7 Å². The van der Waals surface area contributed by atoms with Crippen molar-refractivity contribution in [1.29, 1.82) is 0 Å². The molecule has 0 unspecified atom stereocenters. The number of aliphatic hydroxyl groups is 1. The third-order valence-corrected chi connectivity index (χ3v) is 6.82. The number of hydrogen-bond acceptors (Lipinski definition) is 8. The van der Waals surface area contributed by atoms with Gasteiger partial charge in [-0.15, -0.1) is 0 Å². The van der Waals surface area contributed by atoms with Crippen molar-refractivity contribution in [3.05, 3.63) is 46.5 Å². The first-order chi connectivity index (χ1) is 16.5. The Morgan fingerprint density at radius 3 is 2.79 bits per heavy atom. The van der Waals surface area contributed by atoms with Crippen LogP contribution in [0.3, 0.4) is 0 Å². The normalized spacial score (nSPS) is 24.1. The molecule has 0 spiro atoms. The van der Waals surface area contributed by atoms with Gasteiger partial charge in [-0.3, -0.25) is 9.59 Å². The van der Waals surface area contributed by atoms with Gasteiger partial charge in [0.25, 0.3) is 11.5 Å². The molecule has 11 nitrogen and oxygen atoms in total. The summed E-state index contributed by atoms with van der Waals surface area (Å²) in [5, 5.41) is 23.5. The average Bonchev–Trinajstić information content (AvgIpc) is 3.47. The number of rotatable bonds is 7. The van der Waals surface area contributed by atoms with Crippen LogP contribution in [0.1, 0.15) is 48.5 Å². The predicted molar refractivity (Wildman–Crippen MR) is 127 cm³/mol. The van der Waals surface area contributed by atoms with Gasteiger partial charge >= 0.3 is 0 Å². The van der Waals surface area contributed by atoms with Crippen LogP contribution in [0.2, 0.25) is 0 Å². The standard InChI is InChI=1S/C23H29N7O4/c1-24-20-11-19(27-16-4-3-9-29(23(16)33)17-7-8-18(17)31)28-21-15(12-25-30(20)21)22(32)26-13-5-6-14(10-13)34-2/h3-4,9,11-14,17-18,24,31H,5-8,10H2,1-2H3,(H,26,32)(H,27,28)/t13-,14-,17+,18-/m0/s1. The second-order valence-electron chi connectivity index (χ2n) is 8.88. The molecule has 0 bridgehead atoms. The molecule has 0 radical (unpaired) electrons. The third kappa shape index (κ3) is 4.01. The van der Waals surface area contributed by atoms with Gasteiger partial charge < -0.3 is 30.4 Å². The largest absolute Gasteiger partial charge is 0.391 e. The number of hydrogen-bond donors (Lipinski definition) is 4. The number of ether oxygens (including phenoxy) is 1. The molecule has 2 aliphatic carbocycles. The Balaban J connectivity index is 1.43. The number of nitrogens with zero attached hydrogens (tertiary/aromatic N) is 4. The number of aromatic nitrogens is 4. The second kappa shape index (κ2) is 9.07. The minimum Gasteiger partial charge on any atom is -0.391 e. The maximum atomic E-state index is 13.0. The molecule has 180 valence electrons. The summed E-state index contributed by atoms with van der Waals surface area (Å²) >= 11 is 0. The van der Waals surface area contributed by atoms with Crippen LogP contribution in [0.4, 0.5) is 17.3 Å². The van der Waals surface area contributed by atoms with Gasteiger partial charge in [0.2, 0.25) is 0 Å². The Morgan fingerprint density at radius 1 is 1.26 bits per heavy atom. The van der Waals surface area contributed by atoms with Crippen LogP contribution >= 0.6 is 0 Å². The summed E-state index contributed by atoms with van der Waals surface area (Å²) in [6.07, 6.45) is 6.85. The van der Waals surface area contributed by atoms with Crippen molar-refractivity contribution in [2.45, 2.75) is 56.4 Å². The monoisotopic (exact) mass is 467 g/mol. The average molecular weight is 468 g/mol. The fraction of sp³-hybridized carbons (Fsp3) is 0.478. The van der Waals surface area contributed by atoms with Gasteiger partial charge in [0.1, 0.15) is 22.9 Å². The first-order valence-corrected chi connectivity index (χ1v) is 11.5. The van der Waals surface area contributed by atoms with E-state index in [0.29, 0.717) is 35.0 Å². The van der Waals surface area contributed by atoms with Gasteiger partial charge in [0, 0.05) is 32.5 Å².